The molecule has 4 nitrogen and oxygen atoms in total. The Morgan fingerprint density at radius 2 is 1.56 bits per heavy atom. The standard InChI is InChI=1S/C5H14NO.H2O2/c1-6(2,3)4-5-7;1-2/h7H,4-5H2,1-3H3;1-2H/q+1;/p-1. The van der Waals surface area contributed by atoms with Crippen molar-refractivity contribution in [2.45, 2.75) is 0 Å². The second-order valence-electron chi connectivity index (χ2n) is 2.74. The number of aliphatic hydroxyl groups excluding tert-OH is 1. The van der Waals surface area contributed by atoms with Gasteiger partial charge in [0.1, 0.15) is 6.54 Å². The molecule has 0 unspecified atom stereocenters. The van der Waals surface area contributed by atoms with E-state index in [0.717, 1.165) is 11.0 Å². The van der Waals surface area contributed by atoms with Crippen molar-refractivity contribution < 1.29 is 20.1 Å². The van der Waals surface area contributed by atoms with Crippen molar-refractivity contribution in [1.29, 1.82) is 0 Å². The van der Waals surface area contributed by atoms with Crippen LogP contribution in [0.25, 0.3) is 0 Å². The Hall–Kier alpha value is -0.160. The molecular weight excluding hydrogens is 122 g/mol. The van der Waals surface area contributed by atoms with Crippen LogP contribution in [-0.2, 0) is 0 Å². The molecule has 0 heterocycles. The maximum atomic E-state index is 8.39. The van der Waals surface area contributed by atoms with Gasteiger partial charge in [0, 0.05) is 0 Å². The number of hydrogen-bond donors (Lipinski definition) is 2. The summed E-state index contributed by atoms with van der Waals surface area (Å²) in [6, 6.07) is 0. The minimum Gasteiger partial charge on any atom is -0.727 e. The molecule has 4 heteroatoms. The molecule has 0 atom stereocenters. The fourth-order valence-corrected chi connectivity index (χ4v) is 0.300. The van der Waals surface area contributed by atoms with E-state index in [1.54, 1.807) is 0 Å². The SMILES string of the molecule is C[N+](C)(C)CCO.[O-]O. The topological polar surface area (TPSA) is 63.5 Å². The average molecular weight is 137 g/mol. The van der Waals surface area contributed by atoms with Gasteiger partial charge in [0.15, 0.2) is 0 Å². The molecule has 0 aromatic rings. The first-order valence-electron chi connectivity index (χ1n) is 2.66. The molecule has 0 aliphatic carbocycles. The third kappa shape index (κ3) is 18.1. The maximum absolute atomic E-state index is 8.39. The highest BCUT2D eigenvalue weighted by atomic mass is 17.0. The Labute approximate surface area is 55.5 Å². The quantitative estimate of drug-likeness (QED) is 0.277. The monoisotopic (exact) mass is 137 g/mol. The highest BCUT2D eigenvalue weighted by Gasteiger charge is 2.02. The zero-order chi connectivity index (χ0) is 7.91. The van der Waals surface area contributed by atoms with Crippen molar-refractivity contribution in [2.75, 3.05) is 34.3 Å². The molecule has 0 rings (SSSR count). The van der Waals surface area contributed by atoms with Crippen LogP contribution in [0.15, 0.2) is 0 Å². The summed E-state index contributed by atoms with van der Waals surface area (Å²) in [7, 11) is 6.16. The summed E-state index contributed by atoms with van der Waals surface area (Å²) >= 11 is 0. The van der Waals surface area contributed by atoms with Gasteiger partial charge >= 0.3 is 0 Å². The van der Waals surface area contributed by atoms with Crippen molar-refractivity contribution in [2.24, 2.45) is 0 Å². The predicted molar refractivity (Wildman–Crippen MR) is 32.6 cm³/mol. The van der Waals surface area contributed by atoms with Crippen LogP contribution in [0.3, 0.4) is 0 Å². The van der Waals surface area contributed by atoms with Gasteiger partial charge in [-0.25, -0.2) is 0 Å². The molecule has 0 bridgehead atoms. The molecule has 0 saturated heterocycles. The molecular formula is C5H15NO3. The molecule has 0 radical (unpaired) electrons. The first kappa shape index (κ1) is 11.6. The molecule has 0 aromatic carbocycles. The summed E-state index contributed by atoms with van der Waals surface area (Å²) in [5, 5.41) is 21.4. The van der Waals surface area contributed by atoms with E-state index in [4.69, 9.17) is 15.6 Å². The number of quaternary nitrogens is 1. The van der Waals surface area contributed by atoms with Crippen LogP contribution in [0, 0.1) is 0 Å². The molecule has 0 amide bonds. The van der Waals surface area contributed by atoms with Crippen LogP contribution in [0.5, 0.6) is 0 Å². The van der Waals surface area contributed by atoms with Crippen LogP contribution >= 0.6 is 0 Å². The number of hydrogen-bond acceptors (Lipinski definition) is 3. The second kappa shape index (κ2) is 5.97. The lowest BCUT2D eigenvalue weighted by Crippen LogP contribution is -2.36. The summed E-state index contributed by atoms with van der Waals surface area (Å²) in [5.74, 6) is 0. The van der Waals surface area contributed by atoms with Crippen LogP contribution in [0.1, 0.15) is 0 Å². The van der Waals surface area contributed by atoms with Crippen LogP contribution in [-0.4, -0.2) is 49.1 Å². The fourth-order valence-electron chi connectivity index (χ4n) is 0.300. The van der Waals surface area contributed by atoms with E-state index < -0.39 is 0 Å². The molecule has 0 spiro atoms. The van der Waals surface area contributed by atoms with Gasteiger partial charge in [-0.1, -0.05) is 0 Å². The lowest BCUT2D eigenvalue weighted by atomic mass is 10.5. The summed E-state index contributed by atoms with van der Waals surface area (Å²) in [4.78, 5) is 0. The van der Waals surface area contributed by atoms with E-state index in [-0.39, 0.29) is 6.61 Å². The highest BCUT2D eigenvalue weighted by molar-refractivity contribution is 4.19. The molecule has 9 heavy (non-hydrogen) atoms. The zero-order valence-electron chi connectivity index (χ0n) is 6.16. The predicted octanol–water partition coefficient (Wildman–Crippen LogP) is -1.50. The minimum absolute atomic E-state index is 0.281. The Balaban J connectivity index is 0. The van der Waals surface area contributed by atoms with E-state index in [1.807, 2.05) is 0 Å². The lowest BCUT2D eigenvalue weighted by molar-refractivity contribution is -0.870. The van der Waals surface area contributed by atoms with Gasteiger partial charge in [-0.05, 0) is 0 Å². The number of likely N-dealkylation sites (N-methyl/N-ethyl adjacent to an activating group) is 1. The zero-order valence-corrected chi connectivity index (χ0v) is 6.16. The average Bonchev–Trinajstić information content (AvgIpc) is 1.69. The van der Waals surface area contributed by atoms with Crippen molar-refractivity contribution in [3.8, 4) is 0 Å². The van der Waals surface area contributed by atoms with Crippen LogP contribution in [0.4, 0.5) is 0 Å². The van der Waals surface area contributed by atoms with Gasteiger partial charge in [-0.15, -0.1) is 0 Å². The van der Waals surface area contributed by atoms with Crippen molar-refractivity contribution in [3.63, 3.8) is 0 Å². The highest BCUT2D eigenvalue weighted by Crippen LogP contribution is 1.84. The summed E-state index contributed by atoms with van der Waals surface area (Å²) in [5.41, 5.74) is 0. The Bertz CT molecular complexity index is 50.7. The van der Waals surface area contributed by atoms with E-state index in [9.17, 15) is 0 Å². The van der Waals surface area contributed by atoms with Crippen LogP contribution < -0.4 is 5.26 Å². The third-order valence-electron chi connectivity index (χ3n) is 0.771. The van der Waals surface area contributed by atoms with Crippen LogP contribution in [0.2, 0.25) is 0 Å². The fraction of sp³-hybridized carbons (Fsp3) is 1.00. The number of aliphatic hydroxyl groups is 1. The number of rotatable bonds is 2. The third-order valence-corrected chi connectivity index (χ3v) is 0.771. The molecule has 0 aliphatic heterocycles. The Morgan fingerprint density at radius 3 is 1.56 bits per heavy atom. The molecule has 0 aliphatic rings. The minimum atomic E-state index is 0.281. The van der Waals surface area contributed by atoms with E-state index >= 15 is 0 Å². The normalized spacial score (nSPS) is 10.0. The van der Waals surface area contributed by atoms with Gasteiger partial charge in [0.25, 0.3) is 0 Å². The van der Waals surface area contributed by atoms with E-state index in [0.29, 0.717) is 0 Å². The maximum Gasteiger partial charge on any atom is 0.101 e. The van der Waals surface area contributed by atoms with Gasteiger partial charge in [0.2, 0.25) is 0 Å². The summed E-state index contributed by atoms with van der Waals surface area (Å²) in [6.45, 7) is 1.11. The molecule has 0 aromatic heterocycles. The van der Waals surface area contributed by atoms with Gasteiger partial charge in [-0.3, -0.25) is 0 Å². The van der Waals surface area contributed by atoms with Crippen molar-refractivity contribution in [3.05, 3.63) is 0 Å². The number of nitrogens with zero attached hydrogens (tertiary/aromatic N) is 1. The first-order chi connectivity index (χ1) is 4.06. The van der Waals surface area contributed by atoms with Gasteiger partial charge in [0.05, 0.1) is 27.7 Å². The Morgan fingerprint density at radius 1 is 1.22 bits per heavy atom. The molecule has 0 fully saturated rings. The van der Waals surface area contributed by atoms with Gasteiger partial charge in [-0.2, -0.15) is 0 Å². The summed E-state index contributed by atoms with van der Waals surface area (Å²) < 4.78 is 0.844. The lowest BCUT2D eigenvalue weighted by Gasteiger charge is -2.21. The smallest absolute Gasteiger partial charge is 0.101 e. The Kier molecular flexibility index (Phi) is 7.70. The summed E-state index contributed by atoms with van der Waals surface area (Å²) in [6.07, 6.45) is 0. The van der Waals surface area contributed by atoms with Crippen molar-refractivity contribution in [1.82, 2.24) is 0 Å². The van der Waals surface area contributed by atoms with Crippen molar-refractivity contribution >= 4 is 0 Å². The molecule has 0 saturated carbocycles. The largest absolute Gasteiger partial charge is 0.727 e. The first-order valence-corrected chi connectivity index (χ1v) is 2.66. The molecule has 2 N–H and O–H groups in total. The molecule has 58 valence electrons. The van der Waals surface area contributed by atoms with E-state index in [1.165, 1.54) is 0 Å². The second-order valence-corrected chi connectivity index (χ2v) is 2.74. The van der Waals surface area contributed by atoms with Gasteiger partial charge < -0.3 is 20.1 Å². The van der Waals surface area contributed by atoms with E-state index in [2.05, 4.69) is 21.1 Å².